The molecule has 1 atom stereocenters. The Kier molecular flexibility index (Phi) is 4.01. The highest BCUT2D eigenvalue weighted by molar-refractivity contribution is 6.31. The Morgan fingerprint density at radius 2 is 1.95 bits per heavy atom. The maximum Gasteiger partial charge on any atom is 0.195 e. The second kappa shape index (κ2) is 5.95. The van der Waals surface area contributed by atoms with E-state index in [1.54, 1.807) is 30.5 Å². The molecule has 3 aromatic rings. The molecule has 0 radical (unpaired) electrons. The standard InChI is InChI=1S/C18H16ClNO2/c1-12(11-21)20-10-16(15-9-14(19)7-8-17(15)20)18(22)13-5-3-2-4-6-13/h2-10,12,21H,11H2,1H3. The lowest BCUT2D eigenvalue weighted by Gasteiger charge is -2.11. The highest BCUT2D eigenvalue weighted by Gasteiger charge is 2.18. The number of aliphatic hydroxyl groups excluding tert-OH is 1. The van der Waals surface area contributed by atoms with Gasteiger partial charge in [0.05, 0.1) is 12.6 Å². The molecule has 2 aromatic carbocycles. The highest BCUT2D eigenvalue weighted by atomic mass is 35.5. The molecule has 1 aromatic heterocycles. The van der Waals surface area contributed by atoms with Gasteiger partial charge >= 0.3 is 0 Å². The second-order valence-corrected chi connectivity index (χ2v) is 5.77. The summed E-state index contributed by atoms with van der Waals surface area (Å²) in [5.41, 5.74) is 2.13. The molecule has 0 spiro atoms. The van der Waals surface area contributed by atoms with Gasteiger partial charge < -0.3 is 9.67 Å². The summed E-state index contributed by atoms with van der Waals surface area (Å²) in [5, 5.41) is 10.8. The first kappa shape index (κ1) is 14.8. The topological polar surface area (TPSA) is 42.2 Å². The van der Waals surface area contributed by atoms with Gasteiger partial charge in [-0.3, -0.25) is 4.79 Å². The molecule has 112 valence electrons. The fourth-order valence-electron chi connectivity index (χ4n) is 2.61. The van der Waals surface area contributed by atoms with Crippen LogP contribution in [0.15, 0.2) is 54.7 Å². The molecule has 0 aliphatic carbocycles. The van der Waals surface area contributed by atoms with E-state index in [1.165, 1.54) is 0 Å². The Morgan fingerprint density at radius 1 is 1.23 bits per heavy atom. The average Bonchev–Trinajstić information content (AvgIpc) is 2.93. The quantitative estimate of drug-likeness (QED) is 0.737. The van der Waals surface area contributed by atoms with Crippen LogP contribution in [0.4, 0.5) is 0 Å². The zero-order chi connectivity index (χ0) is 15.7. The SMILES string of the molecule is CC(CO)n1cc(C(=O)c2ccccc2)c2cc(Cl)ccc21. The van der Waals surface area contributed by atoms with Crippen molar-refractivity contribution in [2.75, 3.05) is 6.61 Å². The number of fused-ring (bicyclic) bond motifs is 1. The molecular formula is C18H16ClNO2. The van der Waals surface area contributed by atoms with Crippen LogP contribution >= 0.6 is 11.6 Å². The van der Waals surface area contributed by atoms with Crippen LogP contribution in [-0.4, -0.2) is 22.1 Å². The van der Waals surface area contributed by atoms with E-state index in [2.05, 4.69) is 0 Å². The smallest absolute Gasteiger partial charge is 0.195 e. The minimum atomic E-state index is -0.110. The van der Waals surface area contributed by atoms with Gasteiger partial charge in [0.2, 0.25) is 0 Å². The molecule has 1 N–H and O–H groups in total. The predicted octanol–water partition coefficient (Wildman–Crippen LogP) is 4.08. The van der Waals surface area contributed by atoms with Gasteiger partial charge in [-0.25, -0.2) is 0 Å². The Morgan fingerprint density at radius 3 is 2.64 bits per heavy atom. The van der Waals surface area contributed by atoms with Crippen molar-refractivity contribution in [1.29, 1.82) is 0 Å². The van der Waals surface area contributed by atoms with Gasteiger partial charge in [0.15, 0.2) is 5.78 Å². The third kappa shape index (κ3) is 2.54. The van der Waals surface area contributed by atoms with Crippen LogP contribution in [0.2, 0.25) is 5.02 Å². The van der Waals surface area contributed by atoms with Crippen molar-refractivity contribution < 1.29 is 9.90 Å². The Labute approximate surface area is 133 Å². The van der Waals surface area contributed by atoms with Crippen LogP contribution in [0, 0.1) is 0 Å². The zero-order valence-corrected chi connectivity index (χ0v) is 12.9. The first-order chi connectivity index (χ1) is 10.6. The molecule has 4 heteroatoms. The monoisotopic (exact) mass is 313 g/mol. The van der Waals surface area contributed by atoms with E-state index < -0.39 is 0 Å². The van der Waals surface area contributed by atoms with Crippen molar-refractivity contribution in [1.82, 2.24) is 4.57 Å². The Balaban J connectivity index is 2.21. The van der Waals surface area contributed by atoms with Gasteiger partial charge in [0.25, 0.3) is 0 Å². The minimum Gasteiger partial charge on any atom is -0.394 e. The number of nitrogens with zero attached hydrogens (tertiary/aromatic N) is 1. The van der Waals surface area contributed by atoms with E-state index in [1.807, 2.05) is 35.8 Å². The molecule has 3 rings (SSSR count). The third-order valence-electron chi connectivity index (χ3n) is 3.81. The van der Waals surface area contributed by atoms with Crippen LogP contribution in [0.3, 0.4) is 0 Å². The molecule has 0 amide bonds. The summed E-state index contributed by atoms with van der Waals surface area (Å²) >= 11 is 6.09. The molecular weight excluding hydrogens is 298 g/mol. The van der Waals surface area contributed by atoms with E-state index in [0.717, 1.165) is 10.9 Å². The van der Waals surface area contributed by atoms with E-state index in [9.17, 15) is 9.90 Å². The fraction of sp³-hybridized carbons (Fsp3) is 0.167. The molecule has 0 saturated heterocycles. The number of carbonyl (C=O) groups excluding carboxylic acids is 1. The number of rotatable bonds is 4. The van der Waals surface area contributed by atoms with Gasteiger partial charge in [-0.2, -0.15) is 0 Å². The van der Waals surface area contributed by atoms with Crippen LogP contribution in [0.1, 0.15) is 28.9 Å². The molecule has 0 fully saturated rings. The lowest BCUT2D eigenvalue weighted by Crippen LogP contribution is -2.08. The molecule has 0 aliphatic heterocycles. The summed E-state index contributed by atoms with van der Waals surface area (Å²) in [6.45, 7) is 1.91. The predicted molar refractivity (Wildman–Crippen MR) is 88.6 cm³/mol. The largest absolute Gasteiger partial charge is 0.394 e. The number of hydrogen-bond acceptors (Lipinski definition) is 2. The number of benzene rings is 2. The third-order valence-corrected chi connectivity index (χ3v) is 4.05. The molecule has 1 heterocycles. The molecule has 1 unspecified atom stereocenters. The van der Waals surface area contributed by atoms with Crippen molar-refractivity contribution in [3.05, 3.63) is 70.9 Å². The summed E-state index contributed by atoms with van der Waals surface area (Å²) < 4.78 is 1.92. The first-order valence-corrected chi connectivity index (χ1v) is 7.50. The lowest BCUT2D eigenvalue weighted by atomic mass is 10.0. The maximum atomic E-state index is 12.8. The molecule has 3 nitrogen and oxygen atoms in total. The highest BCUT2D eigenvalue weighted by Crippen LogP contribution is 2.29. The van der Waals surface area contributed by atoms with Gasteiger partial charge in [-0.15, -0.1) is 0 Å². The molecule has 0 saturated carbocycles. The van der Waals surface area contributed by atoms with Crippen molar-refractivity contribution in [3.8, 4) is 0 Å². The lowest BCUT2D eigenvalue weighted by molar-refractivity contribution is 0.104. The maximum absolute atomic E-state index is 12.8. The minimum absolute atomic E-state index is 0.00533. The van der Waals surface area contributed by atoms with Gasteiger partial charge in [0, 0.05) is 33.2 Å². The van der Waals surface area contributed by atoms with Crippen LogP contribution < -0.4 is 0 Å². The summed E-state index contributed by atoms with van der Waals surface area (Å²) in [7, 11) is 0. The number of aliphatic hydroxyl groups is 1. The van der Waals surface area contributed by atoms with Crippen LogP contribution in [-0.2, 0) is 0 Å². The van der Waals surface area contributed by atoms with Crippen LogP contribution in [0.5, 0.6) is 0 Å². The summed E-state index contributed by atoms with van der Waals surface area (Å²) in [4.78, 5) is 12.8. The number of carbonyl (C=O) groups is 1. The van der Waals surface area contributed by atoms with Crippen molar-refractivity contribution >= 4 is 28.3 Å². The molecule has 0 bridgehead atoms. The Bertz CT molecular complexity index is 824. The van der Waals surface area contributed by atoms with E-state index >= 15 is 0 Å². The normalized spacial score (nSPS) is 12.5. The first-order valence-electron chi connectivity index (χ1n) is 7.12. The Hall–Kier alpha value is -2.10. The van der Waals surface area contributed by atoms with Crippen molar-refractivity contribution in [2.24, 2.45) is 0 Å². The van der Waals surface area contributed by atoms with E-state index in [-0.39, 0.29) is 18.4 Å². The molecule has 22 heavy (non-hydrogen) atoms. The number of hydrogen-bond donors (Lipinski definition) is 1. The van der Waals surface area contributed by atoms with E-state index in [0.29, 0.717) is 16.1 Å². The van der Waals surface area contributed by atoms with Crippen LogP contribution in [0.25, 0.3) is 10.9 Å². The van der Waals surface area contributed by atoms with Gasteiger partial charge in [-0.05, 0) is 25.1 Å². The zero-order valence-electron chi connectivity index (χ0n) is 12.2. The molecule has 0 aliphatic rings. The van der Waals surface area contributed by atoms with E-state index in [4.69, 9.17) is 11.6 Å². The number of aromatic nitrogens is 1. The van der Waals surface area contributed by atoms with Crippen molar-refractivity contribution in [3.63, 3.8) is 0 Å². The number of halogens is 1. The average molecular weight is 314 g/mol. The van der Waals surface area contributed by atoms with Crippen molar-refractivity contribution in [2.45, 2.75) is 13.0 Å². The fourth-order valence-corrected chi connectivity index (χ4v) is 2.78. The summed E-state index contributed by atoms with van der Waals surface area (Å²) in [5.74, 6) is -0.0447. The summed E-state index contributed by atoms with van der Waals surface area (Å²) in [6.07, 6.45) is 1.80. The summed E-state index contributed by atoms with van der Waals surface area (Å²) in [6, 6.07) is 14.5. The van der Waals surface area contributed by atoms with Gasteiger partial charge in [-0.1, -0.05) is 41.9 Å². The van der Waals surface area contributed by atoms with Gasteiger partial charge in [0.1, 0.15) is 0 Å². The number of ketones is 1. The second-order valence-electron chi connectivity index (χ2n) is 5.34.